The molecule has 2 aromatic carbocycles. The van der Waals surface area contributed by atoms with Crippen LogP contribution in [0.15, 0.2) is 42.5 Å². The van der Waals surface area contributed by atoms with Crippen molar-refractivity contribution >= 4 is 28.3 Å². The Bertz CT molecular complexity index is 557. The van der Waals surface area contributed by atoms with Gasteiger partial charge in [-0.25, -0.2) is 4.39 Å². The Morgan fingerprint density at radius 3 is 2.47 bits per heavy atom. The predicted molar refractivity (Wildman–Crippen MR) is 83.9 cm³/mol. The second-order valence-corrected chi connectivity index (χ2v) is 5.48. The normalized spacial score (nSPS) is 12.2. The minimum atomic E-state index is -0.229. The van der Waals surface area contributed by atoms with Gasteiger partial charge in [0.15, 0.2) is 0 Å². The summed E-state index contributed by atoms with van der Waals surface area (Å²) in [6.45, 7) is 2.08. The van der Waals surface area contributed by atoms with Crippen LogP contribution >= 0.6 is 22.6 Å². The Labute approximate surface area is 125 Å². The lowest BCUT2D eigenvalue weighted by molar-refractivity contribution is 0.475. The van der Waals surface area contributed by atoms with Crippen molar-refractivity contribution in [3.8, 4) is 5.75 Å². The molecule has 2 rings (SSSR count). The molecule has 0 radical (unpaired) electrons. The summed E-state index contributed by atoms with van der Waals surface area (Å²) in [5.74, 6) is 0.0302. The minimum Gasteiger partial charge on any atom is -0.508 e. The van der Waals surface area contributed by atoms with Gasteiger partial charge in [-0.1, -0.05) is 19.1 Å². The molecular formula is C15H15FINO. The molecule has 2 aromatic rings. The molecule has 0 saturated carbocycles. The molecule has 0 aliphatic carbocycles. The van der Waals surface area contributed by atoms with Crippen molar-refractivity contribution in [3.63, 3.8) is 0 Å². The van der Waals surface area contributed by atoms with E-state index in [4.69, 9.17) is 0 Å². The molecule has 0 amide bonds. The van der Waals surface area contributed by atoms with Gasteiger partial charge in [0.2, 0.25) is 0 Å². The number of phenols is 1. The van der Waals surface area contributed by atoms with E-state index in [9.17, 15) is 9.50 Å². The average Bonchev–Trinajstić information content (AvgIpc) is 2.39. The summed E-state index contributed by atoms with van der Waals surface area (Å²) in [7, 11) is 0. The van der Waals surface area contributed by atoms with Crippen LogP contribution in [0.3, 0.4) is 0 Å². The maximum absolute atomic E-state index is 13.1. The van der Waals surface area contributed by atoms with E-state index < -0.39 is 0 Å². The molecule has 0 aromatic heterocycles. The lowest BCUT2D eigenvalue weighted by Gasteiger charge is -2.20. The Hall–Kier alpha value is -1.30. The molecule has 1 atom stereocenters. The van der Waals surface area contributed by atoms with Crippen LogP contribution in [0.2, 0.25) is 0 Å². The van der Waals surface area contributed by atoms with Crippen molar-refractivity contribution in [3.05, 3.63) is 57.4 Å². The molecule has 100 valence electrons. The molecule has 19 heavy (non-hydrogen) atoms. The van der Waals surface area contributed by atoms with Crippen molar-refractivity contribution in [2.24, 2.45) is 0 Å². The summed E-state index contributed by atoms with van der Waals surface area (Å²) in [6.07, 6.45) is 0.901. The number of hydrogen-bond donors (Lipinski definition) is 2. The molecule has 0 fully saturated rings. The van der Waals surface area contributed by atoms with E-state index in [0.29, 0.717) is 0 Å². The summed E-state index contributed by atoms with van der Waals surface area (Å²) in [5.41, 5.74) is 2.02. The fourth-order valence-electron chi connectivity index (χ4n) is 1.92. The highest BCUT2D eigenvalue weighted by Gasteiger charge is 2.11. The predicted octanol–water partition coefficient (Wildman–Crippen LogP) is 4.70. The fraction of sp³-hybridized carbons (Fsp3) is 0.200. The molecule has 0 spiro atoms. The fourth-order valence-corrected chi connectivity index (χ4v) is 2.55. The van der Waals surface area contributed by atoms with Gasteiger partial charge in [-0.2, -0.15) is 0 Å². The zero-order valence-electron chi connectivity index (χ0n) is 10.5. The minimum absolute atomic E-state index is 0.138. The molecule has 4 heteroatoms. The third kappa shape index (κ3) is 3.59. The number of benzene rings is 2. The first kappa shape index (κ1) is 14.1. The number of hydrogen-bond acceptors (Lipinski definition) is 2. The average molecular weight is 371 g/mol. The van der Waals surface area contributed by atoms with Crippen LogP contribution in [-0.4, -0.2) is 5.11 Å². The van der Waals surface area contributed by atoms with Gasteiger partial charge in [0.25, 0.3) is 0 Å². The second-order valence-electron chi connectivity index (χ2n) is 4.32. The van der Waals surface area contributed by atoms with Crippen molar-refractivity contribution in [1.82, 2.24) is 0 Å². The van der Waals surface area contributed by atoms with Crippen molar-refractivity contribution in [1.29, 1.82) is 0 Å². The van der Waals surface area contributed by atoms with Gasteiger partial charge in [-0.3, -0.25) is 0 Å². The van der Waals surface area contributed by atoms with Crippen molar-refractivity contribution < 1.29 is 9.50 Å². The van der Waals surface area contributed by atoms with Crippen LogP contribution in [0.25, 0.3) is 0 Å². The molecule has 0 aliphatic rings. The maximum atomic E-state index is 13.1. The van der Waals surface area contributed by atoms with E-state index >= 15 is 0 Å². The molecule has 2 nitrogen and oxygen atoms in total. The van der Waals surface area contributed by atoms with E-state index in [1.165, 1.54) is 12.1 Å². The Kier molecular flexibility index (Phi) is 4.63. The molecular weight excluding hydrogens is 356 g/mol. The van der Waals surface area contributed by atoms with Crippen LogP contribution in [0, 0.1) is 9.39 Å². The molecule has 0 aliphatic heterocycles. The maximum Gasteiger partial charge on any atom is 0.124 e. The lowest BCUT2D eigenvalue weighted by atomic mass is 10.0. The SMILES string of the molecule is CCC(Nc1ccc(F)cc1I)c1ccc(O)cc1. The number of phenolic OH excluding ortho intramolecular Hbond substituents is 1. The third-order valence-corrected chi connectivity index (χ3v) is 3.86. The van der Waals surface area contributed by atoms with Gasteiger partial charge in [0.05, 0.1) is 6.04 Å². The van der Waals surface area contributed by atoms with E-state index in [2.05, 4.69) is 34.8 Å². The van der Waals surface area contributed by atoms with Gasteiger partial charge < -0.3 is 10.4 Å². The molecule has 2 N–H and O–H groups in total. The van der Waals surface area contributed by atoms with Crippen molar-refractivity contribution in [2.45, 2.75) is 19.4 Å². The highest BCUT2D eigenvalue weighted by molar-refractivity contribution is 14.1. The van der Waals surface area contributed by atoms with Gasteiger partial charge >= 0.3 is 0 Å². The van der Waals surface area contributed by atoms with Crippen LogP contribution in [0.1, 0.15) is 24.9 Å². The molecule has 0 heterocycles. The number of aromatic hydroxyl groups is 1. The smallest absolute Gasteiger partial charge is 0.124 e. The first-order valence-corrected chi connectivity index (χ1v) is 7.18. The van der Waals surface area contributed by atoms with Crippen LogP contribution in [0.5, 0.6) is 5.75 Å². The lowest BCUT2D eigenvalue weighted by Crippen LogP contribution is -2.10. The van der Waals surface area contributed by atoms with Crippen LogP contribution < -0.4 is 5.32 Å². The summed E-state index contributed by atoms with van der Waals surface area (Å²) < 4.78 is 13.9. The quantitative estimate of drug-likeness (QED) is 0.764. The number of anilines is 1. The Morgan fingerprint density at radius 2 is 1.89 bits per heavy atom. The van der Waals surface area contributed by atoms with Gasteiger partial charge in [0.1, 0.15) is 11.6 Å². The zero-order valence-corrected chi connectivity index (χ0v) is 12.7. The standard InChI is InChI=1S/C15H15FINO/c1-2-14(10-3-6-12(19)7-4-10)18-15-8-5-11(16)9-13(15)17/h3-9,14,18-19H,2H2,1H3. The summed E-state index contributed by atoms with van der Waals surface area (Å²) >= 11 is 2.12. The second kappa shape index (κ2) is 6.23. The summed E-state index contributed by atoms with van der Waals surface area (Å²) in [5, 5.41) is 12.7. The number of rotatable bonds is 4. The third-order valence-electron chi connectivity index (χ3n) is 2.96. The number of halogens is 2. The van der Waals surface area contributed by atoms with Crippen LogP contribution in [0.4, 0.5) is 10.1 Å². The topological polar surface area (TPSA) is 32.3 Å². The zero-order chi connectivity index (χ0) is 13.8. The van der Waals surface area contributed by atoms with E-state index in [1.807, 2.05) is 12.1 Å². The molecule has 1 unspecified atom stereocenters. The Morgan fingerprint density at radius 1 is 1.21 bits per heavy atom. The summed E-state index contributed by atoms with van der Waals surface area (Å²) in [6, 6.07) is 12.0. The largest absolute Gasteiger partial charge is 0.508 e. The van der Waals surface area contributed by atoms with Crippen molar-refractivity contribution in [2.75, 3.05) is 5.32 Å². The van der Waals surface area contributed by atoms with E-state index in [1.54, 1.807) is 18.2 Å². The van der Waals surface area contributed by atoms with E-state index in [-0.39, 0.29) is 17.6 Å². The summed E-state index contributed by atoms with van der Waals surface area (Å²) in [4.78, 5) is 0. The Balaban J connectivity index is 2.21. The van der Waals surface area contributed by atoms with E-state index in [0.717, 1.165) is 21.2 Å². The van der Waals surface area contributed by atoms with Gasteiger partial charge in [-0.05, 0) is 64.9 Å². The number of nitrogens with one attached hydrogen (secondary N) is 1. The van der Waals surface area contributed by atoms with Gasteiger partial charge in [-0.15, -0.1) is 0 Å². The van der Waals surface area contributed by atoms with Crippen LogP contribution in [-0.2, 0) is 0 Å². The first-order valence-electron chi connectivity index (χ1n) is 6.10. The highest BCUT2D eigenvalue weighted by atomic mass is 127. The molecule has 0 saturated heterocycles. The monoisotopic (exact) mass is 371 g/mol. The highest BCUT2D eigenvalue weighted by Crippen LogP contribution is 2.27. The van der Waals surface area contributed by atoms with Gasteiger partial charge in [0, 0.05) is 9.26 Å². The molecule has 0 bridgehead atoms. The first-order chi connectivity index (χ1) is 9.10.